The number of terminal acetylenes is 1. The van der Waals surface area contributed by atoms with Crippen LogP contribution in [0, 0.1) is 12.3 Å². The van der Waals surface area contributed by atoms with Crippen LogP contribution in [-0.4, -0.2) is 0 Å². The standard InChI is InChI=1S/C28H28S3/c1-4-7-14-22-23(15-8-5-2)28(31-27(22)25-17-16-21(6-3)29-25)26-19-18-24(30-26)20-12-10-9-11-13-20/h3,9-13,16-19H,4-5,7-8,14-15H2,1-2H3. The van der Waals surface area contributed by atoms with Crippen LogP contribution in [0.3, 0.4) is 0 Å². The van der Waals surface area contributed by atoms with Gasteiger partial charge in [0.2, 0.25) is 0 Å². The molecule has 0 nitrogen and oxygen atoms in total. The minimum absolute atomic E-state index is 1.02. The Morgan fingerprint density at radius 3 is 1.84 bits per heavy atom. The quantitative estimate of drug-likeness (QED) is 0.218. The average Bonchev–Trinajstić information content (AvgIpc) is 3.55. The van der Waals surface area contributed by atoms with Crippen LogP contribution < -0.4 is 0 Å². The molecule has 0 amide bonds. The van der Waals surface area contributed by atoms with E-state index >= 15 is 0 Å². The number of hydrogen-bond acceptors (Lipinski definition) is 3. The Labute approximate surface area is 198 Å². The summed E-state index contributed by atoms with van der Waals surface area (Å²) in [6.07, 6.45) is 12.9. The lowest BCUT2D eigenvalue weighted by Crippen LogP contribution is -1.94. The van der Waals surface area contributed by atoms with Gasteiger partial charge in [-0.15, -0.1) is 40.4 Å². The summed E-state index contributed by atoms with van der Waals surface area (Å²) in [6, 6.07) is 19.6. The lowest BCUT2D eigenvalue weighted by atomic mass is 9.97. The highest BCUT2D eigenvalue weighted by Crippen LogP contribution is 2.48. The van der Waals surface area contributed by atoms with Gasteiger partial charge in [0.25, 0.3) is 0 Å². The summed E-state index contributed by atoms with van der Waals surface area (Å²) < 4.78 is 0. The van der Waals surface area contributed by atoms with E-state index in [-0.39, 0.29) is 0 Å². The first-order valence-corrected chi connectivity index (χ1v) is 13.6. The predicted molar refractivity (Wildman–Crippen MR) is 142 cm³/mol. The van der Waals surface area contributed by atoms with Gasteiger partial charge in [0.1, 0.15) is 0 Å². The van der Waals surface area contributed by atoms with Crippen molar-refractivity contribution >= 4 is 34.0 Å². The average molecular weight is 461 g/mol. The fraction of sp³-hybridized carbons (Fsp3) is 0.286. The SMILES string of the molecule is C#Cc1ccc(-c2sc(-c3ccc(-c4ccccc4)s3)c(CCCC)c2CCCC)s1. The van der Waals surface area contributed by atoms with Crippen molar-refractivity contribution in [3.8, 4) is 42.3 Å². The second-order valence-electron chi connectivity index (χ2n) is 7.76. The van der Waals surface area contributed by atoms with E-state index in [1.807, 2.05) is 22.7 Å². The van der Waals surface area contributed by atoms with Gasteiger partial charge in [-0.3, -0.25) is 0 Å². The molecule has 3 aromatic heterocycles. The molecule has 31 heavy (non-hydrogen) atoms. The molecular weight excluding hydrogens is 433 g/mol. The van der Waals surface area contributed by atoms with E-state index in [0.717, 1.165) is 17.7 Å². The zero-order valence-corrected chi connectivity index (χ0v) is 20.7. The Balaban J connectivity index is 1.82. The van der Waals surface area contributed by atoms with Crippen LogP contribution in [0.25, 0.3) is 29.9 Å². The molecule has 1 aromatic carbocycles. The van der Waals surface area contributed by atoms with Crippen LogP contribution in [0.5, 0.6) is 0 Å². The summed E-state index contributed by atoms with van der Waals surface area (Å²) in [5.41, 5.74) is 4.44. The predicted octanol–water partition coefficient (Wildman–Crippen LogP) is 9.54. The largest absolute Gasteiger partial charge is 0.134 e. The summed E-state index contributed by atoms with van der Waals surface area (Å²) in [4.78, 5) is 7.99. The Morgan fingerprint density at radius 1 is 0.677 bits per heavy atom. The Morgan fingerprint density at radius 2 is 1.26 bits per heavy atom. The molecule has 0 aliphatic heterocycles. The topological polar surface area (TPSA) is 0 Å². The molecule has 3 heterocycles. The van der Waals surface area contributed by atoms with E-state index in [1.165, 1.54) is 55.6 Å². The minimum atomic E-state index is 1.02. The zero-order valence-electron chi connectivity index (χ0n) is 18.2. The smallest absolute Gasteiger partial charge is 0.0772 e. The van der Waals surface area contributed by atoms with E-state index in [1.54, 1.807) is 22.5 Å². The molecule has 0 aliphatic rings. The van der Waals surface area contributed by atoms with E-state index in [4.69, 9.17) is 6.42 Å². The van der Waals surface area contributed by atoms with Gasteiger partial charge in [0, 0.05) is 24.4 Å². The fourth-order valence-corrected chi connectivity index (χ4v) is 7.39. The second-order valence-corrected chi connectivity index (χ2v) is 11.0. The molecule has 0 fully saturated rings. The molecule has 158 valence electrons. The van der Waals surface area contributed by atoms with Gasteiger partial charge in [-0.1, -0.05) is 62.9 Å². The third kappa shape index (κ3) is 4.88. The molecule has 0 N–H and O–H groups in total. The van der Waals surface area contributed by atoms with Crippen LogP contribution in [0.4, 0.5) is 0 Å². The first-order chi connectivity index (χ1) is 15.2. The highest BCUT2D eigenvalue weighted by Gasteiger charge is 2.22. The Hall–Kier alpha value is -2.12. The third-order valence-electron chi connectivity index (χ3n) is 5.54. The van der Waals surface area contributed by atoms with Gasteiger partial charge < -0.3 is 0 Å². The van der Waals surface area contributed by atoms with Crippen molar-refractivity contribution in [1.29, 1.82) is 0 Å². The van der Waals surface area contributed by atoms with E-state index in [2.05, 4.69) is 74.4 Å². The van der Waals surface area contributed by atoms with Gasteiger partial charge in [0.05, 0.1) is 4.88 Å². The number of unbranched alkanes of at least 4 members (excludes halogenated alkanes) is 2. The minimum Gasteiger partial charge on any atom is -0.134 e. The van der Waals surface area contributed by atoms with Crippen molar-refractivity contribution in [1.82, 2.24) is 0 Å². The molecule has 0 radical (unpaired) electrons. The van der Waals surface area contributed by atoms with Gasteiger partial charge in [0.15, 0.2) is 0 Å². The zero-order chi connectivity index (χ0) is 21.6. The van der Waals surface area contributed by atoms with Gasteiger partial charge in [-0.2, -0.15) is 0 Å². The number of thiophene rings is 3. The number of hydrogen-bond donors (Lipinski definition) is 0. The van der Waals surface area contributed by atoms with Crippen molar-refractivity contribution in [3.63, 3.8) is 0 Å². The van der Waals surface area contributed by atoms with Gasteiger partial charge in [-0.25, -0.2) is 0 Å². The first-order valence-electron chi connectivity index (χ1n) is 11.1. The molecule has 4 rings (SSSR count). The monoisotopic (exact) mass is 460 g/mol. The summed E-state index contributed by atoms with van der Waals surface area (Å²) in [6.45, 7) is 4.57. The highest BCUT2D eigenvalue weighted by molar-refractivity contribution is 7.27. The van der Waals surface area contributed by atoms with Crippen molar-refractivity contribution in [2.45, 2.75) is 52.4 Å². The van der Waals surface area contributed by atoms with Crippen molar-refractivity contribution in [2.75, 3.05) is 0 Å². The van der Waals surface area contributed by atoms with Crippen LogP contribution in [0.1, 0.15) is 55.5 Å². The Kier molecular flexibility index (Phi) is 7.45. The summed E-state index contributed by atoms with van der Waals surface area (Å²) >= 11 is 5.65. The maximum absolute atomic E-state index is 5.67. The highest BCUT2D eigenvalue weighted by atomic mass is 32.1. The molecule has 0 spiro atoms. The van der Waals surface area contributed by atoms with Crippen LogP contribution in [0.2, 0.25) is 0 Å². The van der Waals surface area contributed by atoms with Gasteiger partial charge >= 0.3 is 0 Å². The molecule has 0 saturated heterocycles. The third-order valence-corrected chi connectivity index (χ3v) is 9.32. The number of benzene rings is 1. The summed E-state index contributed by atoms with van der Waals surface area (Å²) in [5, 5.41) is 0. The molecule has 0 atom stereocenters. The van der Waals surface area contributed by atoms with Crippen molar-refractivity contribution in [3.05, 3.63) is 70.6 Å². The summed E-state index contributed by atoms with van der Waals surface area (Å²) in [7, 11) is 0. The maximum atomic E-state index is 5.67. The Bertz CT molecular complexity index is 1160. The normalized spacial score (nSPS) is 11.0. The second kappa shape index (κ2) is 10.5. The maximum Gasteiger partial charge on any atom is 0.0772 e. The fourth-order valence-electron chi connectivity index (χ4n) is 3.89. The molecule has 0 unspecified atom stereocenters. The number of rotatable bonds is 9. The van der Waals surface area contributed by atoms with Crippen molar-refractivity contribution < 1.29 is 0 Å². The molecule has 4 aromatic rings. The van der Waals surface area contributed by atoms with Crippen LogP contribution in [-0.2, 0) is 12.8 Å². The van der Waals surface area contributed by atoms with E-state index in [0.29, 0.717) is 0 Å². The molecule has 3 heteroatoms. The van der Waals surface area contributed by atoms with Gasteiger partial charge in [-0.05, 0) is 66.6 Å². The molecular formula is C28H28S3. The molecule has 0 saturated carbocycles. The lowest BCUT2D eigenvalue weighted by molar-refractivity contribution is 0.764. The van der Waals surface area contributed by atoms with Crippen molar-refractivity contribution in [2.24, 2.45) is 0 Å². The lowest BCUT2D eigenvalue weighted by Gasteiger charge is -2.08. The van der Waals surface area contributed by atoms with Crippen LogP contribution >= 0.6 is 34.0 Å². The van der Waals surface area contributed by atoms with E-state index < -0.39 is 0 Å². The first kappa shape index (κ1) is 22.1. The molecule has 0 aliphatic carbocycles. The summed E-state index contributed by atoms with van der Waals surface area (Å²) in [5.74, 6) is 2.81. The van der Waals surface area contributed by atoms with Crippen LogP contribution in [0.15, 0.2) is 54.6 Å². The van der Waals surface area contributed by atoms with E-state index in [9.17, 15) is 0 Å². The molecule has 0 bridgehead atoms.